The van der Waals surface area contributed by atoms with Gasteiger partial charge in [-0.3, -0.25) is 4.79 Å². The van der Waals surface area contributed by atoms with Crippen LogP contribution in [0.3, 0.4) is 0 Å². The molecule has 0 spiro atoms. The summed E-state index contributed by atoms with van der Waals surface area (Å²) in [6.07, 6.45) is 5.26. The lowest BCUT2D eigenvalue weighted by Crippen LogP contribution is -2.39. The number of amides is 1. The number of nitrogens with zero attached hydrogens (tertiary/aromatic N) is 7. The Bertz CT molecular complexity index is 945. The molecule has 1 atom stereocenters. The number of morpholine rings is 1. The third-order valence-corrected chi connectivity index (χ3v) is 6.14. The van der Waals surface area contributed by atoms with Gasteiger partial charge in [0.2, 0.25) is 17.8 Å². The van der Waals surface area contributed by atoms with E-state index in [0.717, 1.165) is 68.2 Å². The second-order valence-electron chi connectivity index (χ2n) is 7.95. The lowest BCUT2D eigenvalue weighted by molar-refractivity contribution is -0.127. The number of nitrogen functional groups attached to an aromatic ring is 1. The average Bonchev–Trinajstić information content (AvgIpc) is 3.41. The summed E-state index contributed by atoms with van der Waals surface area (Å²) >= 11 is 0. The predicted octanol–water partition coefficient (Wildman–Crippen LogP) is 0.336. The Kier molecular flexibility index (Phi) is 4.86. The maximum Gasteiger partial charge on any atom is 0.228 e. The second kappa shape index (κ2) is 7.67. The van der Waals surface area contributed by atoms with Gasteiger partial charge in [0, 0.05) is 69.2 Å². The van der Waals surface area contributed by atoms with Gasteiger partial charge in [0.15, 0.2) is 0 Å². The van der Waals surface area contributed by atoms with Crippen LogP contribution in [-0.4, -0.2) is 82.7 Å². The molecule has 30 heavy (non-hydrogen) atoms. The van der Waals surface area contributed by atoms with E-state index in [2.05, 4.69) is 19.8 Å². The molecular weight excluding hydrogens is 384 g/mol. The number of nitrogens with two attached hydrogens (primary N) is 1. The molecular formula is C20H26N8O2. The molecule has 2 aromatic rings. The molecule has 2 fully saturated rings. The molecule has 5 rings (SSSR count). The molecule has 10 heteroatoms. The summed E-state index contributed by atoms with van der Waals surface area (Å²) in [4.78, 5) is 36.5. The Morgan fingerprint density at radius 3 is 2.60 bits per heavy atom. The van der Waals surface area contributed by atoms with Gasteiger partial charge in [0.1, 0.15) is 5.82 Å². The first-order valence-corrected chi connectivity index (χ1v) is 10.4. The minimum absolute atomic E-state index is 0.133. The van der Waals surface area contributed by atoms with Gasteiger partial charge >= 0.3 is 0 Å². The molecule has 2 saturated heterocycles. The fourth-order valence-corrected chi connectivity index (χ4v) is 4.51. The van der Waals surface area contributed by atoms with Crippen LogP contribution >= 0.6 is 0 Å². The summed E-state index contributed by atoms with van der Waals surface area (Å²) in [5.74, 6) is 2.05. The number of aromatic nitrogens is 4. The van der Waals surface area contributed by atoms with E-state index in [9.17, 15) is 4.79 Å². The lowest BCUT2D eigenvalue weighted by atomic mass is 10.1. The van der Waals surface area contributed by atoms with Crippen LogP contribution in [0.25, 0.3) is 11.3 Å². The maximum atomic E-state index is 11.8. The van der Waals surface area contributed by atoms with E-state index >= 15 is 0 Å². The van der Waals surface area contributed by atoms with Gasteiger partial charge in [-0.05, 0) is 12.8 Å². The van der Waals surface area contributed by atoms with E-state index in [4.69, 9.17) is 20.4 Å². The molecule has 0 bridgehead atoms. The van der Waals surface area contributed by atoms with Gasteiger partial charge in [0.05, 0.1) is 18.9 Å². The molecule has 0 saturated carbocycles. The molecule has 3 aliphatic heterocycles. The molecule has 2 N–H and O–H groups in total. The number of rotatable bonds is 3. The largest absolute Gasteiger partial charge is 0.378 e. The van der Waals surface area contributed by atoms with Gasteiger partial charge in [-0.1, -0.05) is 0 Å². The highest BCUT2D eigenvalue weighted by atomic mass is 16.5. The fourth-order valence-electron chi connectivity index (χ4n) is 4.51. The van der Waals surface area contributed by atoms with Crippen molar-refractivity contribution in [2.24, 2.45) is 0 Å². The Hall–Kier alpha value is -3.01. The number of likely N-dealkylation sites (tertiary alicyclic amines) is 1. The lowest BCUT2D eigenvalue weighted by Gasteiger charge is -2.30. The summed E-state index contributed by atoms with van der Waals surface area (Å²) in [6.45, 7) is 6.91. The smallest absolute Gasteiger partial charge is 0.228 e. The molecule has 0 aliphatic carbocycles. The van der Waals surface area contributed by atoms with Crippen molar-refractivity contribution in [3.05, 3.63) is 18.0 Å². The number of hydrogen-bond donors (Lipinski definition) is 1. The first kappa shape index (κ1) is 19.0. The van der Waals surface area contributed by atoms with Gasteiger partial charge in [-0.2, -0.15) is 4.98 Å². The topological polar surface area (TPSA) is 114 Å². The van der Waals surface area contributed by atoms with Gasteiger partial charge in [-0.15, -0.1) is 0 Å². The Morgan fingerprint density at radius 1 is 1.13 bits per heavy atom. The molecule has 0 radical (unpaired) electrons. The normalized spacial score (nSPS) is 21.2. The van der Waals surface area contributed by atoms with E-state index in [1.54, 1.807) is 19.3 Å². The van der Waals surface area contributed by atoms with Crippen molar-refractivity contribution in [2.45, 2.75) is 25.8 Å². The summed E-state index contributed by atoms with van der Waals surface area (Å²) in [7, 11) is 0. The van der Waals surface area contributed by atoms with E-state index in [-0.39, 0.29) is 17.9 Å². The monoisotopic (exact) mass is 410 g/mol. The van der Waals surface area contributed by atoms with E-state index < -0.39 is 0 Å². The molecule has 0 aromatic carbocycles. The van der Waals surface area contributed by atoms with Crippen molar-refractivity contribution in [3.63, 3.8) is 0 Å². The highest BCUT2D eigenvalue weighted by molar-refractivity contribution is 5.75. The standard InChI is InChI=1S/C20H26N8O2/c1-13(29)27-4-2-15(12-27)28-5-3-16-17(14-10-22-19(21)23-11-14)24-20(25-18(16)28)26-6-8-30-9-7-26/h10-11,15H,2-9,12H2,1H3,(H2,21,22,23)/t15-/m0/s1. The first-order valence-electron chi connectivity index (χ1n) is 10.4. The molecule has 1 amide bonds. The molecule has 3 aliphatic rings. The minimum Gasteiger partial charge on any atom is -0.378 e. The molecule has 10 nitrogen and oxygen atoms in total. The Morgan fingerprint density at radius 2 is 1.90 bits per heavy atom. The van der Waals surface area contributed by atoms with Crippen LogP contribution in [-0.2, 0) is 16.0 Å². The van der Waals surface area contributed by atoms with Crippen molar-refractivity contribution >= 4 is 23.6 Å². The van der Waals surface area contributed by atoms with Crippen molar-refractivity contribution in [3.8, 4) is 11.3 Å². The summed E-state index contributed by atoms with van der Waals surface area (Å²) in [6, 6.07) is 0.276. The number of carbonyl (C=O) groups excluding carboxylic acids is 1. The van der Waals surface area contributed by atoms with E-state index in [1.165, 1.54) is 0 Å². The Labute approximate surface area is 175 Å². The summed E-state index contributed by atoms with van der Waals surface area (Å²) < 4.78 is 5.50. The van der Waals surface area contributed by atoms with Crippen molar-refractivity contribution in [2.75, 3.05) is 61.5 Å². The van der Waals surface area contributed by atoms with Gasteiger partial charge in [0.25, 0.3) is 0 Å². The maximum absolute atomic E-state index is 11.8. The minimum atomic E-state index is 0.133. The van der Waals surface area contributed by atoms with Gasteiger partial charge < -0.3 is 25.2 Å². The predicted molar refractivity (Wildman–Crippen MR) is 112 cm³/mol. The molecule has 158 valence electrons. The van der Waals surface area contributed by atoms with Crippen LogP contribution in [0.1, 0.15) is 18.9 Å². The van der Waals surface area contributed by atoms with Crippen LogP contribution < -0.4 is 15.5 Å². The quantitative estimate of drug-likeness (QED) is 0.765. The number of anilines is 3. The number of carbonyl (C=O) groups is 1. The van der Waals surface area contributed by atoms with Crippen LogP contribution in [0, 0.1) is 0 Å². The first-order chi connectivity index (χ1) is 14.6. The zero-order chi connectivity index (χ0) is 20.7. The van der Waals surface area contributed by atoms with Crippen LogP contribution in [0.15, 0.2) is 12.4 Å². The van der Waals surface area contributed by atoms with Crippen LogP contribution in [0.5, 0.6) is 0 Å². The van der Waals surface area contributed by atoms with Crippen molar-refractivity contribution in [1.82, 2.24) is 24.8 Å². The molecule has 0 unspecified atom stereocenters. The summed E-state index contributed by atoms with van der Waals surface area (Å²) in [5.41, 5.74) is 8.51. The summed E-state index contributed by atoms with van der Waals surface area (Å²) in [5, 5.41) is 0. The number of ether oxygens (including phenoxy) is 1. The van der Waals surface area contributed by atoms with Crippen molar-refractivity contribution < 1.29 is 9.53 Å². The number of fused-ring (bicyclic) bond motifs is 1. The zero-order valence-electron chi connectivity index (χ0n) is 17.1. The van der Waals surface area contributed by atoms with E-state index in [1.807, 2.05) is 4.90 Å². The van der Waals surface area contributed by atoms with Crippen LogP contribution in [0.2, 0.25) is 0 Å². The number of hydrogen-bond acceptors (Lipinski definition) is 9. The fraction of sp³-hybridized carbons (Fsp3) is 0.550. The zero-order valence-corrected chi connectivity index (χ0v) is 17.1. The average molecular weight is 410 g/mol. The molecule has 5 heterocycles. The van der Waals surface area contributed by atoms with Gasteiger partial charge in [-0.25, -0.2) is 15.0 Å². The Balaban J connectivity index is 1.54. The van der Waals surface area contributed by atoms with E-state index in [0.29, 0.717) is 19.2 Å². The third-order valence-electron chi connectivity index (χ3n) is 6.14. The highest BCUT2D eigenvalue weighted by Gasteiger charge is 2.36. The second-order valence-corrected chi connectivity index (χ2v) is 7.95. The third kappa shape index (κ3) is 3.41. The highest BCUT2D eigenvalue weighted by Crippen LogP contribution is 2.37. The van der Waals surface area contributed by atoms with Crippen molar-refractivity contribution in [1.29, 1.82) is 0 Å². The van der Waals surface area contributed by atoms with Crippen LogP contribution in [0.4, 0.5) is 17.7 Å². The SMILES string of the molecule is CC(=O)N1CC[C@H](N2CCc3c(-c4cnc(N)nc4)nc(N4CCOCC4)nc32)C1. The molecule has 2 aromatic heterocycles.